The van der Waals surface area contributed by atoms with E-state index in [0.29, 0.717) is 21.7 Å². The largest absolute Gasteiger partial charge is 0.504 e. The highest BCUT2D eigenvalue weighted by molar-refractivity contribution is 7.10. The molecule has 2 aliphatic rings. The van der Waals surface area contributed by atoms with Gasteiger partial charge in [0.05, 0.1) is 22.9 Å². The van der Waals surface area contributed by atoms with Gasteiger partial charge in [-0.2, -0.15) is 0 Å². The highest BCUT2D eigenvalue weighted by Gasteiger charge is 2.32. The number of benzene rings is 2. The minimum atomic E-state index is -0.138. The van der Waals surface area contributed by atoms with E-state index in [9.17, 15) is 9.90 Å². The summed E-state index contributed by atoms with van der Waals surface area (Å²) in [5.41, 5.74) is 5.45. The van der Waals surface area contributed by atoms with E-state index in [1.165, 1.54) is 28.0 Å². The van der Waals surface area contributed by atoms with Crippen LogP contribution in [-0.4, -0.2) is 16.3 Å². The fourth-order valence-electron chi connectivity index (χ4n) is 4.76. The molecule has 2 aromatic carbocycles. The van der Waals surface area contributed by atoms with Crippen LogP contribution in [0.4, 0.5) is 0 Å². The maximum Gasteiger partial charge on any atom is 0.271 e. The van der Waals surface area contributed by atoms with E-state index in [1.807, 2.05) is 23.6 Å². The standard InChI is InChI=1S/C27H22N2O3S2/c1-2-32-21-14-16(9-12-20(21)30)15-23-26(31)29-25(22-8-5-13-33-22)19-11-10-17-6-3-4-7-18(17)24(19)28-27(29)34-23/h3-9,12-15,25,30H,2,10-11H2,1H3/b23-15+/t25-/m1/s1. The zero-order valence-electron chi connectivity index (χ0n) is 18.5. The monoisotopic (exact) mass is 486 g/mol. The molecule has 1 aliphatic heterocycles. The first-order valence-electron chi connectivity index (χ1n) is 11.3. The second kappa shape index (κ2) is 8.42. The van der Waals surface area contributed by atoms with Gasteiger partial charge in [-0.05, 0) is 66.1 Å². The quantitative estimate of drug-likeness (QED) is 0.463. The summed E-state index contributed by atoms with van der Waals surface area (Å²) in [5, 5.41) is 12.1. The van der Waals surface area contributed by atoms with Gasteiger partial charge < -0.3 is 9.84 Å². The molecule has 0 radical (unpaired) electrons. The van der Waals surface area contributed by atoms with E-state index < -0.39 is 0 Å². The summed E-state index contributed by atoms with van der Waals surface area (Å²) in [6.45, 7) is 2.32. The van der Waals surface area contributed by atoms with Crippen LogP contribution in [0.2, 0.25) is 0 Å². The number of rotatable bonds is 4. The normalized spacial score (nSPS) is 17.1. The maximum absolute atomic E-state index is 13.7. The summed E-state index contributed by atoms with van der Waals surface area (Å²) >= 11 is 3.08. The average molecular weight is 487 g/mol. The molecule has 0 saturated carbocycles. The predicted octanol–water partition coefficient (Wildman–Crippen LogP) is 4.48. The summed E-state index contributed by atoms with van der Waals surface area (Å²) in [7, 11) is 0. The third-order valence-corrected chi connectivity index (χ3v) is 8.17. The molecule has 0 saturated heterocycles. The smallest absolute Gasteiger partial charge is 0.271 e. The number of aromatic hydroxyl groups is 1. The Bertz CT molecular complexity index is 1610. The van der Waals surface area contributed by atoms with E-state index in [-0.39, 0.29) is 17.4 Å². The van der Waals surface area contributed by atoms with Gasteiger partial charge in [0.1, 0.15) is 0 Å². The van der Waals surface area contributed by atoms with Crippen LogP contribution in [0.3, 0.4) is 0 Å². The lowest BCUT2D eigenvalue weighted by molar-refractivity contribution is 0.318. The summed E-state index contributed by atoms with van der Waals surface area (Å²) in [4.78, 5) is 20.6. The molecular weight excluding hydrogens is 464 g/mol. The van der Waals surface area contributed by atoms with Gasteiger partial charge in [0, 0.05) is 10.4 Å². The van der Waals surface area contributed by atoms with Crippen LogP contribution >= 0.6 is 22.7 Å². The van der Waals surface area contributed by atoms with E-state index in [1.54, 1.807) is 29.5 Å². The zero-order chi connectivity index (χ0) is 23.2. The van der Waals surface area contributed by atoms with Crippen LogP contribution < -0.4 is 19.6 Å². The Morgan fingerprint density at radius 3 is 2.88 bits per heavy atom. The Morgan fingerprint density at radius 2 is 2.06 bits per heavy atom. The first-order valence-corrected chi connectivity index (χ1v) is 13.0. The number of hydrogen-bond acceptors (Lipinski definition) is 6. The van der Waals surface area contributed by atoms with E-state index in [4.69, 9.17) is 9.73 Å². The lowest BCUT2D eigenvalue weighted by Gasteiger charge is -2.30. The summed E-state index contributed by atoms with van der Waals surface area (Å²) < 4.78 is 7.99. The van der Waals surface area contributed by atoms with Crippen molar-refractivity contribution in [3.63, 3.8) is 0 Å². The third-order valence-electron chi connectivity index (χ3n) is 6.27. The number of ether oxygens (including phenoxy) is 1. The number of thiazole rings is 1. The maximum atomic E-state index is 13.7. The summed E-state index contributed by atoms with van der Waals surface area (Å²) in [6.07, 6.45) is 3.69. The number of aromatic nitrogens is 1. The number of allylic oxidation sites excluding steroid dienone is 1. The number of hydrogen-bond donors (Lipinski definition) is 1. The zero-order valence-corrected chi connectivity index (χ0v) is 20.2. The molecule has 2 aromatic heterocycles. The number of phenolic OH excluding ortho intramolecular Hbond substituents is 1. The molecular formula is C27H22N2O3S2. The highest BCUT2D eigenvalue weighted by atomic mass is 32.1. The van der Waals surface area contributed by atoms with Gasteiger partial charge in [0.2, 0.25) is 0 Å². The van der Waals surface area contributed by atoms with Gasteiger partial charge in [0.15, 0.2) is 16.3 Å². The molecule has 0 amide bonds. The topological polar surface area (TPSA) is 63.8 Å². The van der Waals surface area contributed by atoms with E-state index in [2.05, 4.69) is 35.7 Å². The number of nitrogens with zero attached hydrogens (tertiary/aromatic N) is 2. The van der Waals surface area contributed by atoms with E-state index >= 15 is 0 Å². The van der Waals surface area contributed by atoms with Crippen LogP contribution in [-0.2, 0) is 6.42 Å². The third kappa shape index (κ3) is 3.43. The van der Waals surface area contributed by atoms with Crippen LogP contribution in [0.15, 0.2) is 75.3 Å². The second-order valence-corrected chi connectivity index (χ2v) is 10.3. The Kier molecular flexibility index (Phi) is 5.23. The minimum absolute atomic E-state index is 0.0430. The van der Waals surface area contributed by atoms with Gasteiger partial charge in [-0.15, -0.1) is 11.3 Å². The minimum Gasteiger partial charge on any atom is -0.504 e. The van der Waals surface area contributed by atoms with Crippen LogP contribution in [0, 0.1) is 0 Å². The summed E-state index contributed by atoms with van der Waals surface area (Å²) in [5.74, 6) is 0.497. The van der Waals surface area contributed by atoms with Crippen molar-refractivity contribution in [3.05, 3.63) is 107 Å². The van der Waals surface area contributed by atoms with Gasteiger partial charge in [0.25, 0.3) is 5.56 Å². The molecule has 4 aromatic rings. The fourth-order valence-corrected chi connectivity index (χ4v) is 6.61. The lowest BCUT2D eigenvalue weighted by atomic mass is 9.85. The van der Waals surface area contributed by atoms with Gasteiger partial charge >= 0.3 is 0 Å². The molecule has 1 atom stereocenters. The Hall–Kier alpha value is -3.42. The lowest BCUT2D eigenvalue weighted by Crippen LogP contribution is -2.38. The van der Waals surface area contributed by atoms with E-state index in [0.717, 1.165) is 29.0 Å². The van der Waals surface area contributed by atoms with Crippen LogP contribution in [0.25, 0.3) is 11.8 Å². The molecule has 34 heavy (non-hydrogen) atoms. The molecule has 5 nitrogen and oxygen atoms in total. The SMILES string of the molecule is CCOc1cc(/C=c2/sc3n(c2=O)[C@@H](c2cccs2)C2=C(N=3)c3ccccc3CC2)ccc1O. The van der Waals surface area contributed by atoms with Crippen molar-refractivity contribution in [2.45, 2.75) is 25.8 Å². The molecule has 0 bridgehead atoms. The number of thiophene rings is 1. The molecule has 6 rings (SSSR count). The van der Waals surface area contributed by atoms with Crippen molar-refractivity contribution >= 4 is 34.4 Å². The van der Waals surface area contributed by atoms with Crippen molar-refractivity contribution < 1.29 is 9.84 Å². The molecule has 0 spiro atoms. The van der Waals surface area contributed by atoms with Crippen molar-refractivity contribution in [2.75, 3.05) is 6.61 Å². The molecule has 170 valence electrons. The number of phenols is 1. The second-order valence-electron chi connectivity index (χ2n) is 8.29. The average Bonchev–Trinajstić information content (AvgIpc) is 3.49. The molecule has 7 heteroatoms. The number of fused-ring (bicyclic) bond motifs is 3. The Balaban J connectivity index is 1.57. The van der Waals surface area contributed by atoms with Crippen molar-refractivity contribution in [1.82, 2.24) is 4.57 Å². The Labute approximate surface area is 204 Å². The fraction of sp³-hybridized carbons (Fsp3) is 0.185. The molecule has 1 aliphatic carbocycles. The van der Waals surface area contributed by atoms with Crippen molar-refractivity contribution in [3.8, 4) is 11.5 Å². The Morgan fingerprint density at radius 1 is 1.18 bits per heavy atom. The van der Waals surface area contributed by atoms with Crippen LogP contribution in [0.1, 0.15) is 41.0 Å². The summed E-state index contributed by atoms with van der Waals surface area (Å²) in [6, 6.07) is 17.6. The molecule has 1 N–H and O–H groups in total. The van der Waals surface area contributed by atoms with Crippen molar-refractivity contribution in [2.24, 2.45) is 4.99 Å². The van der Waals surface area contributed by atoms with Gasteiger partial charge in [-0.3, -0.25) is 9.36 Å². The first-order chi connectivity index (χ1) is 16.6. The molecule has 0 fully saturated rings. The molecule has 0 unspecified atom stereocenters. The number of aryl methyl sites for hydroxylation is 1. The van der Waals surface area contributed by atoms with Crippen molar-refractivity contribution in [1.29, 1.82) is 0 Å². The first kappa shape index (κ1) is 21.1. The van der Waals surface area contributed by atoms with Gasteiger partial charge in [-0.25, -0.2) is 4.99 Å². The predicted molar refractivity (Wildman–Crippen MR) is 136 cm³/mol. The highest BCUT2D eigenvalue weighted by Crippen LogP contribution is 2.42. The van der Waals surface area contributed by atoms with Crippen LogP contribution in [0.5, 0.6) is 11.5 Å². The van der Waals surface area contributed by atoms with Gasteiger partial charge in [-0.1, -0.05) is 47.7 Å². The molecule has 3 heterocycles.